The fraction of sp³-hybridized carbons (Fsp3) is 0.222. The molecule has 0 aliphatic carbocycles. The summed E-state index contributed by atoms with van der Waals surface area (Å²) in [4.78, 5) is 0. The molecule has 1 nitrogen and oxygen atoms in total. The number of hydrogen-bond acceptors (Lipinski definition) is 1. The summed E-state index contributed by atoms with van der Waals surface area (Å²) in [6.45, 7) is 6.88. The molecule has 0 fully saturated rings. The molecule has 0 spiro atoms. The van der Waals surface area contributed by atoms with E-state index in [4.69, 9.17) is 4.74 Å². The summed E-state index contributed by atoms with van der Waals surface area (Å²) in [5, 5.41) is 0. The first kappa shape index (κ1) is 13.4. The standard InChI is InChI=1S/C18H20O/c1-4-19-18-13-15(3)7-11-17(18)12-10-16-8-5-14(2)6-9-16/h5-13H,4H2,1-3H3/b12-10+. The molecular formula is C18H20O. The fourth-order valence-electron chi connectivity index (χ4n) is 1.92. The van der Waals surface area contributed by atoms with Crippen molar-refractivity contribution in [3.8, 4) is 5.75 Å². The van der Waals surface area contributed by atoms with E-state index in [-0.39, 0.29) is 0 Å². The van der Waals surface area contributed by atoms with Gasteiger partial charge in [-0.1, -0.05) is 54.1 Å². The lowest BCUT2D eigenvalue weighted by Gasteiger charge is -2.08. The van der Waals surface area contributed by atoms with Crippen molar-refractivity contribution < 1.29 is 4.74 Å². The van der Waals surface area contributed by atoms with Crippen LogP contribution in [0.1, 0.15) is 29.2 Å². The van der Waals surface area contributed by atoms with Crippen LogP contribution in [0.4, 0.5) is 0 Å². The SMILES string of the molecule is CCOc1cc(C)ccc1/C=C/c1ccc(C)cc1. The smallest absolute Gasteiger partial charge is 0.126 e. The first-order chi connectivity index (χ1) is 9.19. The molecule has 0 saturated heterocycles. The van der Waals surface area contributed by atoms with Crippen LogP contribution in [0.3, 0.4) is 0 Å². The Bertz CT molecular complexity index is 565. The van der Waals surface area contributed by atoms with Gasteiger partial charge in [-0.25, -0.2) is 0 Å². The van der Waals surface area contributed by atoms with Crippen LogP contribution >= 0.6 is 0 Å². The first-order valence-electron chi connectivity index (χ1n) is 6.67. The molecule has 0 unspecified atom stereocenters. The Morgan fingerprint density at radius 3 is 2.26 bits per heavy atom. The van der Waals surface area contributed by atoms with Crippen LogP contribution in [0.15, 0.2) is 42.5 Å². The van der Waals surface area contributed by atoms with Crippen LogP contribution in [-0.2, 0) is 0 Å². The summed E-state index contributed by atoms with van der Waals surface area (Å²) < 4.78 is 5.67. The van der Waals surface area contributed by atoms with Gasteiger partial charge in [-0.2, -0.15) is 0 Å². The molecule has 0 N–H and O–H groups in total. The molecule has 0 aliphatic rings. The number of hydrogen-bond donors (Lipinski definition) is 0. The minimum Gasteiger partial charge on any atom is -0.493 e. The Labute approximate surface area is 115 Å². The zero-order valence-electron chi connectivity index (χ0n) is 11.8. The molecule has 0 aliphatic heterocycles. The predicted octanol–water partition coefficient (Wildman–Crippen LogP) is 4.87. The van der Waals surface area contributed by atoms with Gasteiger partial charge in [0.05, 0.1) is 6.61 Å². The largest absolute Gasteiger partial charge is 0.493 e. The second-order valence-corrected chi connectivity index (χ2v) is 4.72. The average Bonchev–Trinajstić information content (AvgIpc) is 2.40. The third kappa shape index (κ3) is 3.72. The van der Waals surface area contributed by atoms with Crippen molar-refractivity contribution in [2.24, 2.45) is 0 Å². The molecule has 2 rings (SSSR count). The molecule has 2 aromatic rings. The molecule has 98 valence electrons. The van der Waals surface area contributed by atoms with Crippen molar-refractivity contribution in [1.82, 2.24) is 0 Å². The van der Waals surface area contributed by atoms with Gasteiger partial charge in [0.1, 0.15) is 5.75 Å². The van der Waals surface area contributed by atoms with Gasteiger partial charge in [-0.05, 0) is 38.0 Å². The topological polar surface area (TPSA) is 9.23 Å². The summed E-state index contributed by atoms with van der Waals surface area (Å²) in [6.07, 6.45) is 4.22. The fourth-order valence-corrected chi connectivity index (χ4v) is 1.92. The summed E-state index contributed by atoms with van der Waals surface area (Å²) in [6, 6.07) is 14.8. The number of aryl methyl sites for hydroxylation is 2. The molecule has 0 amide bonds. The minimum absolute atomic E-state index is 0.689. The minimum atomic E-state index is 0.689. The van der Waals surface area contributed by atoms with Crippen molar-refractivity contribution >= 4 is 12.2 Å². The molecule has 1 heteroatoms. The molecule has 0 radical (unpaired) electrons. The van der Waals surface area contributed by atoms with Crippen LogP contribution in [0.5, 0.6) is 5.75 Å². The number of ether oxygens (including phenoxy) is 1. The number of benzene rings is 2. The molecule has 2 aromatic carbocycles. The maximum Gasteiger partial charge on any atom is 0.126 e. The Balaban J connectivity index is 2.24. The molecule has 0 saturated carbocycles. The average molecular weight is 252 g/mol. The molecule has 0 bridgehead atoms. The highest BCUT2D eigenvalue weighted by atomic mass is 16.5. The lowest BCUT2D eigenvalue weighted by Crippen LogP contribution is -1.94. The quantitative estimate of drug-likeness (QED) is 0.705. The highest BCUT2D eigenvalue weighted by molar-refractivity contribution is 5.72. The van der Waals surface area contributed by atoms with E-state index in [0.717, 1.165) is 11.3 Å². The zero-order chi connectivity index (χ0) is 13.7. The first-order valence-corrected chi connectivity index (χ1v) is 6.67. The van der Waals surface area contributed by atoms with Gasteiger partial charge >= 0.3 is 0 Å². The zero-order valence-corrected chi connectivity index (χ0v) is 11.8. The van der Waals surface area contributed by atoms with E-state index in [0.29, 0.717) is 6.61 Å². The highest BCUT2D eigenvalue weighted by Crippen LogP contribution is 2.22. The van der Waals surface area contributed by atoms with Gasteiger partial charge in [0.15, 0.2) is 0 Å². The number of rotatable bonds is 4. The van der Waals surface area contributed by atoms with Crippen LogP contribution in [0, 0.1) is 13.8 Å². The normalized spacial score (nSPS) is 10.9. The van der Waals surface area contributed by atoms with Crippen molar-refractivity contribution in [3.05, 3.63) is 64.7 Å². The third-order valence-electron chi connectivity index (χ3n) is 3.00. The van der Waals surface area contributed by atoms with E-state index in [1.165, 1.54) is 16.7 Å². The van der Waals surface area contributed by atoms with E-state index in [2.05, 4.69) is 68.5 Å². The van der Waals surface area contributed by atoms with Crippen molar-refractivity contribution in [3.63, 3.8) is 0 Å². The van der Waals surface area contributed by atoms with Gasteiger partial charge in [-0.3, -0.25) is 0 Å². The van der Waals surface area contributed by atoms with Crippen LogP contribution in [-0.4, -0.2) is 6.61 Å². The maximum absolute atomic E-state index is 5.67. The van der Waals surface area contributed by atoms with Crippen LogP contribution < -0.4 is 4.74 Å². The van der Waals surface area contributed by atoms with E-state index >= 15 is 0 Å². The van der Waals surface area contributed by atoms with E-state index < -0.39 is 0 Å². The molecule has 0 heterocycles. The predicted molar refractivity (Wildman–Crippen MR) is 82.5 cm³/mol. The second kappa shape index (κ2) is 6.24. The molecule has 0 aromatic heterocycles. The molecule has 19 heavy (non-hydrogen) atoms. The summed E-state index contributed by atoms with van der Waals surface area (Å²) in [5.74, 6) is 0.950. The highest BCUT2D eigenvalue weighted by Gasteiger charge is 2.00. The van der Waals surface area contributed by atoms with Gasteiger partial charge in [0.25, 0.3) is 0 Å². The Morgan fingerprint density at radius 2 is 1.58 bits per heavy atom. The van der Waals surface area contributed by atoms with Gasteiger partial charge < -0.3 is 4.74 Å². The maximum atomic E-state index is 5.67. The van der Waals surface area contributed by atoms with Gasteiger partial charge in [-0.15, -0.1) is 0 Å². The van der Waals surface area contributed by atoms with Gasteiger partial charge in [0, 0.05) is 5.56 Å². The molecule has 0 atom stereocenters. The molecular weight excluding hydrogens is 232 g/mol. The Kier molecular flexibility index (Phi) is 4.40. The van der Waals surface area contributed by atoms with E-state index in [1.807, 2.05) is 6.92 Å². The summed E-state index contributed by atoms with van der Waals surface area (Å²) in [5.41, 5.74) is 4.82. The van der Waals surface area contributed by atoms with Crippen molar-refractivity contribution in [2.45, 2.75) is 20.8 Å². The lowest BCUT2D eigenvalue weighted by molar-refractivity contribution is 0.339. The van der Waals surface area contributed by atoms with Crippen LogP contribution in [0.25, 0.3) is 12.2 Å². The van der Waals surface area contributed by atoms with Gasteiger partial charge in [0.2, 0.25) is 0 Å². The Hall–Kier alpha value is -2.02. The third-order valence-corrected chi connectivity index (χ3v) is 3.00. The van der Waals surface area contributed by atoms with Crippen molar-refractivity contribution in [1.29, 1.82) is 0 Å². The summed E-state index contributed by atoms with van der Waals surface area (Å²) in [7, 11) is 0. The second-order valence-electron chi connectivity index (χ2n) is 4.72. The van der Waals surface area contributed by atoms with E-state index in [9.17, 15) is 0 Å². The van der Waals surface area contributed by atoms with Crippen molar-refractivity contribution in [2.75, 3.05) is 6.61 Å². The lowest BCUT2D eigenvalue weighted by atomic mass is 10.1. The summed E-state index contributed by atoms with van der Waals surface area (Å²) >= 11 is 0. The van der Waals surface area contributed by atoms with E-state index in [1.54, 1.807) is 0 Å². The van der Waals surface area contributed by atoms with Crippen LogP contribution in [0.2, 0.25) is 0 Å². The monoisotopic (exact) mass is 252 g/mol. The Morgan fingerprint density at radius 1 is 0.895 bits per heavy atom.